The van der Waals surface area contributed by atoms with Crippen LogP contribution in [-0.2, 0) is 20.8 Å². The summed E-state index contributed by atoms with van der Waals surface area (Å²) in [5.41, 5.74) is 4.67. The van der Waals surface area contributed by atoms with Crippen molar-refractivity contribution in [3.63, 3.8) is 0 Å². The Bertz CT molecular complexity index is 577. The van der Waals surface area contributed by atoms with Crippen LogP contribution in [0.3, 0.4) is 0 Å². The summed E-state index contributed by atoms with van der Waals surface area (Å²) in [5.74, 6) is -0.451. The van der Waals surface area contributed by atoms with Crippen LogP contribution in [0, 0.1) is 20.8 Å². The molecule has 1 aliphatic rings. The number of carbonyl (C=O) groups excluding carboxylic acids is 2. The number of benzene rings is 1. The van der Waals surface area contributed by atoms with Gasteiger partial charge in [-0.3, -0.25) is 0 Å². The first kappa shape index (κ1) is 17.3. The van der Waals surface area contributed by atoms with Gasteiger partial charge in [-0.1, -0.05) is 17.7 Å². The third-order valence-electron chi connectivity index (χ3n) is 4.07. The van der Waals surface area contributed by atoms with Crippen LogP contribution in [-0.4, -0.2) is 49.8 Å². The number of hydrogen-bond acceptors (Lipinski definition) is 4. The summed E-state index contributed by atoms with van der Waals surface area (Å²) in [7, 11) is 1.31. The van der Waals surface area contributed by atoms with Gasteiger partial charge in [0.1, 0.15) is 0 Å². The van der Waals surface area contributed by atoms with Crippen LogP contribution in [0.25, 0.3) is 0 Å². The first-order chi connectivity index (χ1) is 10.9. The fraction of sp³-hybridized carbons (Fsp3) is 0.529. The van der Waals surface area contributed by atoms with Gasteiger partial charge in [-0.2, -0.15) is 0 Å². The molecule has 1 aliphatic heterocycles. The topological polar surface area (TPSA) is 67.9 Å². The Morgan fingerprint density at radius 2 is 1.96 bits per heavy atom. The molecule has 1 aromatic carbocycles. The Morgan fingerprint density at radius 1 is 1.30 bits per heavy atom. The Balaban J connectivity index is 1.96. The van der Waals surface area contributed by atoms with Gasteiger partial charge in [0.2, 0.25) is 0 Å². The summed E-state index contributed by atoms with van der Waals surface area (Å²) in [5, 5.41) is 2.93. The predicted octanol–water partition coefficient (Wildman–Crippen LogP) is 1.70. The lowest BCUT2D eigenvalue weighted by atomic mass is 10.00. The van der Waals surface area contributed by atoms with Crippen molar-refractivity contribution in [2.24, 2.45) is 0 Å². The second-order valence-electron chi connectivity index (χ2n) is 5.86. The van der Waals surface area contributed by atoms with Crippen molar-refractivity contribution in [3.05, 3.63) is 34.4 Å². The standard InChI is InChI=1S/C17H24N2O4/c1-11-7-12(2)14(13(3)8-11)9-18-17(21)19-5-6-23-15(10-19)16(20)22-4/h7-8,15H,5-6,9-10H2,1-4H3,(H,18,21)/t15-/m0/s1. The highest BCUT2D eigenvalue weighted by Crippen LogP contribution is 2.16. The highest BCUT2D eigenvalue weighted by atomic mass is 16.6. The van der Waals surface area contributed by atoms with Crippen molar-refractivity contribution in [1.29, 1.82) is 0 Å². The average molecular weight is 320 g/mol. The van der Waals surface area contributed by atoms with Crippen molar-refractivity contribution in [2.75, 3.05) is 26.8 Å². The number of esters is 1. The number of aryl methyl sites for hydroxylation is 3. The highest BCUT2D eigenvalue weighted by Gasteiger charge is 2.29. The Morgan fingerprint density at radius 3 is 2.57 bits per heavy atom. The van der Waals surface area contributed by atoms with Crippen molar-refractivity contribution in [3.8, 4) is 0 Å². The number of morpholine rings is 1. The third kappa shape index (κ3) is 4.22. The SMILES string of the molecule is COC(=O)[C@@H]1CN(C(=O)NCc2c(C)cc(C)cc2C)CCO1. The molecule has 6 heteroatoms. The maximum atomic E-state index is 12.3. The van der Waals surface area contributed by atoms with Crippen LogP contribution in [0.15, 0.2) is 12.1 Å². The Kier molecular flexibility index (Phi) is 5.60. The number of carbonyl (C=O) groups is 2. The van der Waals surface area contributed by atoms with E-state index in [0.717, 1.165) is 16.7 Å². The number of rotatable bonds is 3. The molecule has 1 heterocycles. The molecule has 0 radical (unpaired) electrons. The average Bonchev–Trinajstić information content (AvgIpc) is 2.53. The highest BCUT2D eigenvalue weighted by molar-refractivity contribution is 5.78. The monoisotopic (exact) mass is 320 g/mol. The predicted molar refractivity (Wildman–Crippen MR) is 86.2 cm³/mol. The van der Waals surface area contributed by atoms with E-state index in [0.29, 0.717) is 19.7 Å². The zero-order chi connectivity index (χ0) is 17.0. The van der Waals surface area contributed by atoms with Gasteiger partial charge in [-0.25, -0.2) is 9.59 Å². The smallest absolute Gasteiger partial charge is 0.336 e. The van der Waals surface area contributed by atoms with E-state index in [1.807, 2.05) is 13.8 Å². The lowest BCUT2D eigenvalue weighted by Crippen LogP contribution is -2.51. The lowest BCUT2D eigenvalue weighted by Gasteiger charge is -2.31. The van der Waals surface area contributed by atoms with Gasteiger partial charge in [-0.05, 0) is 37.5 Å². The van der Waals surface area contributed by atoms with Crippen molar-refractivity contribution in [1.82, 2.24) is 10.2 Å². The second kappa shape index (κ2) is 7.46. The number of hydrogen-bond donors (Lipinski definition) is 1. The van der Waals surface area contributed by atoms with Gasteiger partial charge in [0.05, 0.1) is 20.3 Å². The number of nitrogens with one attached hydrogen (secondary N) is 1. The maximum Gasteiger partial charge on any atom is 0.336 e. The normalized spacial score (nSPS) is 17.7. The molecule has 126 valence electrons. The van der Waals surface area contributed by atoms with E-state index in [2.05, 4.69) is 29.1 Å². The molecule has 0 bridgehead atoms. The number of amides is 2. The van der Waals surface area contributed by atoms with Crippen LogP contribution in [0.4, 0.5) is 4.79 Å². The minimum atomic E-state index is -0.706. The second-order valence-corrected chi connectivity index (χ2v) is 5.86. The molecule has 23 heavy (non-hydrogen) atoms. The Labute approximate surface area is 136 Å². The molecule has 1 fully saturated rings. The number of ether oxygens (including phenoxy) is 2. The van der Waals surface area contributed by atoms with Gasteiger partial charge in [-0.15, -0.1) is 0 Å². The van der Waals surface area contributed by atoms with E-state index in [9.17, 15) is 9.59 Å². The summed E-state index contributed by atoms with van der Waals surface area (Å²) in [4.78, 5) is 25.4. The van der Waals surface area contributed by atoms with Crippen LogP contribution >= 0.6 is 0 Å². The molecule has 1 aromatic rings. The molecule has 0 unspecified atom stereocenters. The molecular formula is C17H24N2O4. The minimum absolute atomic E-state index is 0.193. The van der Waals surface area contributed by atoms with Crippen LogP contribution in [0.1, 0.15) is 22.3 Å². The molecule has 1 saturated heterocycles. The van der Waals surface area contributed by atoms with Crippen LogP contribution < -0.4 is 5.32 Å². The minimum Gasteiger partial charge on any atom is -0.467 e. The number of urea groups is 1. The van der Waals surface area contributed by atoms with E-state index >= 15 is 0 Å². The quantitative estimate of drug-likeness (QED) is 0.861. The maximum absolute atomic E-state index is 12.3. The third-order valence-corrected chi connectivity index (χ3v) is 4.07. The molecule has 1 N–H and O–H groups in total. The lowest BCUT2D eigenvalue weighted by molar-refractivity contribution is -0.158. The summed E-state index contributed by atoms with van der Waals surface area (Å²) in [6, 6.07) is 4.02. The fourth-order valence-corrected chi connectivity index (χ4v) is 2.87. The van der Waals surface area contributed by atoms with Crippen LogP contribution in [0.2, 0.25) is 0 Å². The van der Waals surface area contributed by atoms with Gasteiger partial charge >= 0.3 is 12.0 Å². The molecule has 0 spiro atoms. The van der Waals surface area contributed by atoms with Crippen molar-refractivity contribution >= 4 is 12.0 Å². The van der Waals surface area contributed by atoms with Gasteiger partial charge in [0.15, 0.2) is 6.10 Å². The van der Waals surface area contributed by atoms with Gasteiger partial charge < -0.3 is 19.7 Å². The molecule has 1 atom stereocenters. The van der Waals surface area contributed by atoms with E-state index < -0.39 is 12.1 Å². The molecular weight excluding hydrogens is 296 g/mol. The van der Waals surface area contributed by atoms with E-state index in [-0.39, 0.29) is 12.6 Å². The number of nitrogens with zero attached hydrogens (tertiary/aromatic N) is 1. The fourth-order valence-electron chi connectivity index (χ4n) is 2.87. The van der Waals surface area contributed by atoms with E-state index in [4.69, 9.17) is 4.74 Å². The summed E-state index contributed by atoms with van der Waals surface area (Å²) in [6.45, 7) is 7.62. The molecule has 2 rings (SSSR count). The van der Waals surface area contributed by atoms with Gasteiger partial charge in [0, 0.05) is 13.1 Å². The summed E-state index contributed by atoms with van der Waals surface area (Å²) in [6.07, 6.45) is -0.706. The van der Waals surface area contributed by atoms with Crippen molar-refractivity contribution in [2.45, 2.75) is 33.4 Å². The van der Waals surface area contributed by atoms with Crippen LogP contribution in [0.5, 0.6) is 0 Å². The number of methoxy groups -OCH3 is 1. The van der Waals surface area contributed by atoms with E-state index in [1.165, 1.54) is 12.7 Å². The largest absolute Gasteiger partial charge is 0.467 e. The molecule has 0 saturated carbocycles. The summed E-state index contributed by atoms with van der Waals surface area (Å²) < 4.78 is 10.00. The van der Waals surface area contributed by atoms with Crippen molar-refractivity contribution < 1.29 is 19.1 Å². The summed E-state index contributed by atoms with van der Waals surface area (Å²) >= 11 is 0. The van der Waals surface area contributed by atoms with E-state index in [1.54, 1.807) is 4.90 Å². The molecule has 2 amide bonds. The zero-order valence-electron chi connectivity index (χ0n) is 14.1. The molecule has 0 aromatic heterocycles. The first-order valence-electron chi connectivity index (χ1n) is 7.71. The molecule has 0 aliphatic carbocycles. The zero-order valence-corrected chi connectivity index (χ0v) is 14.1. The van der Waals surface area contributed by atoms with Gasteiger partial charge in [0.25, 0.3) is 0 Å². The first-order valence-corrected chi connectivity index (χ1v) is 7.71. The Hall–Kier alpha value is -2.08. The molecule has 6 nitrogen and oxygen atoms in total.